The van der Waals surface area contributed by atoms with Crippen molar-refractivity contribution in [3.63, 3.8) is 0 Å². The summed E-state index contributed by atoms with van der Waals surface area (Å²) in [5.74, 6) is 2.13. The highest BCUT2D eigenvalue weighted by Crippen LogP contribution is 2.34. The van der Waals surface area contributed by atoms with Crippen LogP contribution in [0.15, 0.2) is 12.1 Å². The lowest BCUT2D eigenvalue weighted by Crippen LogP contribution is -2.26. The number of aryl methyl sites for hydroxylation is 1. The fraction of sp³-hybridized carbons (Fsp3) is 0.625. The van der Waals surface area contributed by atoms with E-state index in [-0.39, 0.29) is 6.10 Å². The van der Waals surface area contributed by atoms with Crippen molar-refractivity contribution in [2.24, 2.45) is 5.92 Å². The molecule has 2 unspecified atom stereocenters. The molecule has 0 radical (unpaired) electrons. The van der Waals surface area contributed by atoms with E-state index in [9.17, 15) is 5.11 Å². The summed E-state index contributed by atoms with van der Waals surface area (Å²) in [6.45, 7) is 2.01. The molecule has 1 aromatic rings. The van der Waals surface area contributed by atoms with Gasteiger partial charge in [-0.1, -0.05) is 12.8 Å². The van der Waals surface area contributed by atoms with Crippen LogP contribution < -0.4 is 9.47 Å². The number of ether oxygens (including phenoxy) is 2. The van der Waals surface area contributed by atoms with Crippen LogP contribution in [0, 0.1) is 12.8 Å². The smallest absolute Gasteiger partial charge is 0.122 e. The van der Waals surface area contributed by atoms with E-state index >= 15 is 0 Å². The van der Waals surface area contributed by atoms with Gasteiger partial charge in [0.15, 0.2) is 0 Å². The minimum absolute atomic E-state index is 0.175. The molecule has 1 fully saturated rings. The van der Waals surface area contributed by atoms with Crippen molar-refractivity contribution >= 4 is 0 Å². The van der Waals surface area contributed by atoms with Gasteiger partial charge in [-0.2, -0.15) is 0 Å². The van der Waals surface area contributed by atoms with Crippen molar-refractivity contribution in [2.45, 2.75) is 45.1 Å². The Labute approximate surface area is 115 Å². The van der Waals surface area contributed by atoms with Gasteiger partial charge < -0.3 is 14.6 Å². The number of benzene rings is 1. The Kier molecular flexibility index (Phi) is 4.70. The predicted molar refractivity (Wildman–Crippen MR) is 76.0 cm³/mol. The van der Waals surface area contributed by atoms with Gasteiger partial charge in [0.05, 0.1) is 20.3 Å². The van der Waals surface area contributed by atoms with Crippen molar-refractivity contribution in [2.75, 3.05) is 14.2 Å². The normalized spacial score (nSPS) is 23.2. The van der Waals surface area contributed by atoms with Crippen LogP contribution in [0.5, 0.6) is 11.5 Å². The van der Waals surface area contributed by atoms with Gasteiger partial charge in [-0.25, -0.2) is 0 Å². The van der Waals surface area contributed by atoms with Crippen LogP contribution >= 0.6 is 0 Å². The first-order valence-electron chi connectivity index (χ1n) is 7.05. The molecule has 0 aliphatic heterocycles. The van der Waals surface area contributed by atoms with Gasteiger partial charge in [-0.3, -0.25) is 0 Å². The molecule has 0 saturated heterocycles. The molecule has 1 N–H and O–H groups in total. The molecule has 0 bridgehead atoms. The molecule has 106 valence electrons. The summed E-state index contributed by atoms with van der Waals surface area (Å²) in [5, 5.41) is 10.1. The molecule has 0 heterocycles. The highest BCUT2D eigenvalue weighted by Gasteiger charge is 2.24. The van der Waals surface area contributed by atoms with Crippen LogP contribution in [0.3, 0.4) is 0 Å². The van der Waals surface area contributed by atoms with Crippen molar-refractivity contribution in [3.05, 3.63) is 23.3 Å². The van der Waals surface area contributed by atoms with Gasteiger partial charge in [0, 0.05) is 0 Å². The molecule has 0 amide bonds. The van der Waals surface area contributed by atoms with E-state index < -0.39 is 0 Å². The zero-order valence-corrected chi connectivity index (χ0v) is 12.1. The fourth-order valence-corrected chi connectivity index (χ4v) is 2.98. The molecular weight excluding hydrogens is 240 g/mol. The third kappa shape index (κ3) is 3.21. The number of aliphatic hydroxyl groups is 1. The molecule has 1 saturated carbocycles. The Bertz CT molecular complexity index is 428. The lowest BCUT2D eigenvalue weighted by atomic mass is 9.82. The zero-order chi connectivity index (χ0) is 13.8. The summed E-state index contributed by atoms with van der Waals surface area (Å²) >= 11 is 0. The standard InChI is InChI=1S/C16H24O3/c1-11-8-16(19-3)13(10-15(11)18-2)9-12-6-4-5-7-14(12)17/h8,10,12,14,17H,4-7,9H2,1-3H3. The third-order valence-electron chi connectivity index (χ3n) is 4.15. The maximum atomic E-state index is 10.1. The molecule has 2 atom stereocenters. The molecule has 1 aliphatic carbocycles. The Morgan fingerprint density at radius 3 is 2.42 bits per heavy atom. The summed E-state index contributed by atoms with van der Waals surface area (Å²) in [7, 11) is 3.39. The molecule has 3 nitrogen and oxygen atoms in total. The van der Waals surface area contributed by atoms with Crippen molar-refractivity contribution in [1.82, 2.24) is 0 Å². The second-order valence-electron chi connectivity index (χ2n) is 5.45. The SMILES string of the molecule is COc1cc(CC2CCCCC2O)c(OC)cc1C. The van der Waals surface area contributed by atoms with E-state index in [0.29, 0.717) is 5.92 Å². The molecule has 0 aromatic heterocycles. The first kappa shape index (κ1) is 14.2. The number of hydrogen-bond donors (Lipinski definition) is 1. The maximum absolute atomic E-state index is 10.1. The number of rotatable bonds is 4. The predicted octanol–water partition coefficient (Wildman–Crippen LogP) is 3.11. The minimum Gasteiger partial charge on any atom is -0.496 e. The molecule has 2 rings (SSSR count). The van der Waals surface area contributed by atoms with Crippen LogP contribution in [0.25, 0.3) is 0 Å². The van der Waals surface area contributed by atoms with Gasteiger partial charge in [-0.15, -0.1) is 0 Å². The van der Waals surface area contributed by atoms with Crippen LogP contribution in [-0.2, 0) is 6.42 Å². The quantitative estimate of drug-likeness (QED) is 0.908. The Morgan fingerprint density at radius 2 is 1.79 bits per heavy atom. The summed E-state index contributed by atoms with van der Waals surface area (Å²) in [6.07, 6.45) is 5.07. The van der Waals surface area contributed by atoms with E-state index in [0.717, 1.165) is 48.3 Å². The second-order valence-corrected chi connectivity index (χ2v) is 5.45. The van der Waals surface area contributed by atoms with E-state index in [4.69, 9.17) is 9.47 Å². The monoisotopic (exact) mass is 264 g/mol. The van der Waals surface area contributed by atoms with Gasteiger partial charge in [-0.05, 0) is 55.4 Å². The van der Waals surface area contributed by atoms with Crippen LogP contribution in [0.4, 0.5) is 0 Å². The zero-order valence-electron chi connectivity index (χ0n) is 12.1. The maximum Gasteiger partial charge on any atom is 0.122 e. The van der Waals surface area contributed by atoms with E-state index in [1.807, 2.05) is 13.0 Å². The van der Waals surface area contributed by atoms with Crippen molar-refractivity contribution in [1.29, 1.82) is 0 Å². The van der Waals surface area contributed by atoms with Gasteiger partial charge in [0.25, 0.3) is 0 Å². The lowest BCUT2D eigenvalue weighted by molar-refractivity contribution is 0.0697. The summed E-state index contributed by atoms with van der Waals surface area (Å²) < 4.78 is 10.8. The Morgan fingerprint density at radius 1 is 1.11 bits per heavy atom. The van der Waals surface area contributed by atoms with Crippen LogP contribution in [0.2, 0.25) is 0 Å². The third-order valence-corrected chi connectivity index (χ3v) is 4.15. The average molecular weight is 264 g/mol. The topological polar surface area (TPSA) is 38.7 Å². The first-order valence-corrected chi connectivity index (χ1v) is 7.05. The lowest BCUT2D eigenvalue weighted by Gasteiger charge is -2.28. The van der Waals surface area contributed by atoms with E-state index in [1.165, 1.54) is 6.42 Å². The average Bonchev–Trinajstić information content (AvgIpc) is 2.42. The summed E-state index contributed by atoms with van der Waals surface area (Å²) in [4.78, 5) is 0. The molecule has 19 heavy (non-hydrogen) atoms. The Hall–Kier alpha value is -1.22. The Balaban J connectivity index is 2.22. The number of aliphatic hydroxyl groups excluding tert-OH is 1. The van der Waals surface area contributed by atoms with Crippen molar-refractivity contribution in [3.8, 4) is 11.5 Å². The molecule has 1 aliphatic rings. The highest BCUT2D eigenvalue weighted by molar-refractivity contribution is 5.46. The largest absolute Gasteiger partial charge is 0.496 e. The molecule has 1 aromatic carbocycles. The number of methoxy groups -OCH3 is 2. The summed E-state index contributed by atoms with van der Waals surface area (Å²) in [6, 6.07) is 4.07. The van der Waals surface area contributed by atoms with Crippen molar-refractivity contribution < 1.29 is 14.6 Å². The first-order chi connectivity index (χ1) is 9.15. The van der Waals surface area contributed by atoms with Crippen LogP contribution in [-0.4, -0.2) is 25.4 Å². The molecule has 0 spiro atoms. The van der Waals surface area contributed by atoms with E-state index in [1.54, 1.807) is 14.2 Å². The van der Waals surface area contributed by atoms with Gasteiger partial charge in [0.2, 0.25) is 0 Å². The fourth-order valence-electron chi connectivity index (χ4n) is 2.98. The second kappa shape index (κ2) is 6.29. The van der Waals surface area contributed by atoms with Gasteiger partial charge >= 0.3 is 0 Å². The van der Waals surface area contributed by atoms with E-state index in [2.05, 4.69) is 6.07 Å². The number of hydrogen-bond acceptors (Lipinski definition) is 3. The molecule has 3 heteroatoms. The molecular formula is C16H24O3. The highest BCUT2D eigenvalue weighted by atomic mass is 16.5. The van der Waals surface area contributed by atoms with Gasteiger partial charge in [0.1, 0.15) is 11.5 Å². The van der Waals surface area contributed by atoms with Crippen LogP contribution in [0.1, 0.15) is 36.8 Å². The minimum atomic E-state index is -0.175. The summed E-state index contributed by atoms with van der Waals surface area (Å²) in [5.41, 5.74) is 2.21.